The Morgan fingerprint density at radius 1 is 0.970 bits per heavy atom. The van der Waals surface area contributed by atoms with Crippen molar-refractivity contribution in [1.82, 2.24) is 5.32 Å². The maximum atomic E-state index is 12.7. The molecule has 1 N–H and O–H groups in total. The molecule has 0 fully saturated rings. The first-order valence-electron chi connectivity index (χ1n) is 12.9. The van der Waals surface area contributed by atoms with E-state index < -0.39 is 30.1 Å². The predicted octanol–water partition coefficient (Wildman–Crippen LogP) is 6.93. The van der Waals surface area contributed by atoms with E-state index in [0.29, 0.717) is 6.61 Å². The zero-order valence-corrected chi connectivity index (χ0v) is 25.2. The van der Waals surface area contributed by atoms with Gasteiger partial charge in [0.1, 0.15) is 0 Å². The number of rotatable bonds is 16. The van der Waals surface area contributed by atoms with E-state index in [1.807, 2.05) is 20.8 Å². The van der Waals surface area contributed by atoms with E-state index in [-0.39, 0.29) is 12.8 Å². The van der Waals surface area contributed by atoms with Gasteiger partial charge in [0.25, 0.3) is 0 Å². The third kappa shape index (κ3) is 11.0. The Labute approximate surface area is 207 Å². The van der Waals surface area contributed by atoms with Crippen LogP contribution >= 0.6 is 0 Å². The van der Waals surface area contributed by atoms with Crippen molar-refractivity contribution in [3.8, 4) is 0 Å². The minimum absolute atomic E-state index is 0.199. The van der Waals surface area contributed by atoms with Gasteiger partial charge in [0.05, 0.1) is 0 Å². The van der Waals surface area contributed by atoms with Gasteiger partial charge in [-0.3, -0.25) is 0 Å². The fraction of sp³-hybridized carbons (Fsp3) is 0.741. The molecule has 1 aromatic carbocycles. The van der Waals surface area contributed by atoms with E-state index in [2.05, 4.69) is 50.4 Å². The third-order valence-corrected chi connectivity index (χ3v) is 21.9. The molecular formula is C27H49NO4Sn. The van der Waals surface area contributed by atoms with Crippen molar-refractivity contribution < 1.29 is 19.0 Å². The van der Waals surface area contributed by atoms with Crippen LogP contribution < -0.4 is 8.90 Å². The summed E-state index contributed by atoms with van der Waals surface area (Å²) in [5, 5.41) is 3.12. The topological polar surface area (TPSA) is 56.8 Å². The van der Waals surface area contributed by atoms with Gasteiger partial charge in [-0.2, -0.15) is 0 Å². The van der Waals surface area contributed by atoms with Crippen molar-refractivity contribution in [2.75, 3.05) is 20.5 Å². The van der Waals surface area contributed by atoms with Crippen LogP contribution in [0.5, 0.6) is 0 Å². The number of carbonyl (C=O) groups excluding carboxylic acids is 1. The quantitative estimate of drug-likeness (QED) is 0.133. The van der Waals surface area contributed by atoms with E-state index in [9.17, 15) is 4.79 Å². The number of unbranched alkanes of at least 4 members (excludes halogenated alkanes) is 3. The average Bonchev–Trinajstić information content (AvgIpc) is 2.77. The van der Waals surface area contributed by atoms with Crippen molar-refractivity contribution in [3.63, 3.8) is 0 Å². The van der Waals surface area contributed by atoms with Crippen molar-refractivity contribution in [1.29, 1.82) is 0 Å². The molecule has 0 aliphatic heterocycles. The van der Waals surface area contributed by atoms with E-state index in [4.69, 9.17) is 14.2 Å². The molecule has 1 rings (SSSR count). The molecule has 0 heterocycles. The molecule has 0 saturated heterocycles. The normalized spacial score (nSPS) is 13.1. The van der Waals surface area contributed by atoms with E-state index in [1.165, 1.54) is 57.4 Å². The molecule has 0 saturated carbocycles. The molecule has 1 aromatic rings. The van der Waals surface area contributed by atoms with E-state index in [1.54, 1.807) is 10.7 Å². The number of methoxy groups -OCH3 is 1. The van der Waals surface area contributed by atoms with Gasteiger partial charge in [-0.15, -0.1) is 0 Å². The summed E-state index contributed by atoms with van der Waals surface area (Å²) < 4.78 is 22.2. The molecule has 0 aromatic heterocycles. The molecule has 1 amide bonds. The Morgan fingerprint density at radius 2 is 1.52 bits per heavy atom. The summed E-state index contributed by atoms with van der Waals surface area (Å²) >= 11 is -2.72. The molecule has 6 heteroatoms. The Bertz CT molecular complexity index is 653. The number of hydrogen-bond acceptors (Lipinski definition) is 4. The minimum atomic E-state index is -2.72. The van der Waals surface area contributed by atoms with Crippen molar-refractivity contribution in [3.05, 3.63) is 29.8 Å². The number of ether oxygens (including phenoxy) is 3. The molecule has 0 unspecified atom stereocenters. The number of amides is 1. The van der Waals surface area contributed by atoms with Crippen LogP contribution in [0.1, 0.15) is 91.7 Å². The van der Waals surface area contributed by atoms with Crippen LogP contribution in [0.3, 0.4) is 0 Å². The summed E-state index contributed by atoms with van der Waals surface area (Å²) in [5.41, 5.74) is 0.673. The molecule has 190 valence electrons. The Kier molecular flexibility index (Phi) is 14.6. The molecule has 0 spiro atoms. The molecule has 0 aliphatic rings. The zero-order valence-electron chi connectivity index (χ0n) is 22.3. The van der Waals surface area contributed by atoms with Crippen LogP contribution in [0.25, 0.3) is 0 Å². The number of hydrogen-bond donors (Lipinski definition) is 1. The molecule has 0 radical (unpaired) electrons. The number of nitrogens with one attached hydrogen (secondary N) is 1. The first kappa shape index (κ1) is 30.2. The van der Waals surface area contributed by atoms with E-state index in [0.717, 1.165) is 0 Å². The summed E-state index contributed by atoms with van der Waals surface area (Å²) in [6, 6.07) is 8.59. The van der Waals surface area contributed by atoms with Gasteiger partial charge < -0.3 is 0 Å². The summed E-state index contributed by atoms with van der Waals surface area (Å²) in [6.07, 6.45) is 7.17. The molecule has 0 aliphatic carbocycles. The van der Waals surface area contributed by atoms with Gasteiger partial charge in [-0.1, -0.05) is 0 Å². The van der Waals surface area contributed by atoms with Crippen molar-refractivity contribution >= 4 is 28.0 Å². The standard InChI is InChI=1S/C15H22NO4.3C4H9.Sn/c1-15(2,3)20-14(17)16-13(10-19-11-18-4)12-8-6-5-7-9-12;3*1-3-4-2;/h5-8,13H,10-11H2,1-4H3,(H,16,17);3*1,3-4H2,2H3;/t13-;;;;/m0..../s1. The molecule has 1 atom stereocenters. The van der Waals surface area contributed by atoms with Gasteiger partial charge in [0.15, 0.2) is 0 Å². The van der Waals surface area contributed by atoms with Crippen LogP contribution in [0.4, 0.5) is 4.79 Å². The second-order valence-corrected chi connectivity index (χ2v) is 23.3. The van der Waals surface area contributed by atoms with Crippen LogP contribution in [0.15, 0.2) is 24.3 Å². The molecular weight excluding hydrogens is 521 g/mol. The molecule has 33 heavy (non-hydrogen) atoms. The monoisotopic (exact) mass is 571 g/mol. The van der Waals surface area contributed by atoms with Gasteiger partial charge in [0, 0.05) is 0 Å². The van der Waals surface area contributed by atoms with Gasteiger partial charge in [0.2, 0.25) is 0 Å². The summed E-state index contributed by atoms with van der Waals surface area (Å²) in [5.74, 6) is 0. The first-order chi connectivity index (χ1) is 15.7. The number of carbonyl (C=O) groups is 1. The second kappa shape index (κ2) is 16.0. The van der Waals surface area contributed by atoms with Crippen molar-refractivity contribution in [2.24, 2.45) is 0 Å². The van der Waals surface area contributed by atoms with Gasteiger partial charge in [-0.25, -0.2) is 0 Å². The fourth-order valence-electron chi connectivity index (χ4n) is 4.52. The fourth-order valence-corrected chi connectivity index (χ4v) is 21.6. The van der Waals surface area contributed by atoms with E-state index >= 15 is 0 Å². The average molecular weight is 570 g/mol. The van der Waals surface area contributed by atoms with Crippen LogP contribution in [0, 0.1) is 0 Å². The van der Waals surface area contributed by atoms with Gasteiger partial charge in [-0.05, 0) is 0 Å². The maximum absolute atomic E-state index is 12.7. The molecule has 5 nitrogen and oxygen atoms in total. The number of benzene rings is 1. The summed E-state index contributed by atoms with van der Waals surface area (Å²) in [6.45, 7) is 13.1. The summed E-state index contributed by atoms with van der Waals surface area (Å²) in [7, 11) is 1.62. The zero-order chi connectivity index (χ0) is 24.7. The van der Waals surface area contributed by atoms with Crippen LogP contribution in [-0.4, -0.2) is 50.6 Å². The van der Waals surface area contributed by atoms with Crippen molar-refractivity contribution in [2.45, 2.75) is 105 Å². The molecule has 0 bridgehead atoms. The van der Waals surface area contributed by atoms with Gasteiger partial charge >= 0.3 is 208 Å². The van der Waals surface area contributed by atoms with Crippen LogP contribution in [-0.2, 0) is 14.2 Å². The Hall–Kier alpha value is -0.791. The number of alkyl carbamates (subject to hydrolysis) is 1. The van der Waals surface area contributed by atoms with Crippen LogP contribution in [0.2, 0.25) is 13.3 Å². The first-order valence-corrected chi connectivity index (χ1v) is 20.4. The summed E-state index contributed by atoms with van der Waals surface area (Å²) in [4.78, 5) is 12.7. The predicted molar refractivity (Wildman–Crippen MR) is 141 cm³/mol. The Morgan fingerprint density at radius 3 is 2.00 bits per heavy atom. The SMILES string of the molecule is CCC[CH2][Sn]([CH2]CCC)([CH2]CCC)[c]1ccccc1[C@H](COCOC)NC(=O)OC(C)(C)C. The second-order valence-electron chi connectivity index (χ2n) is 10.2. The third-order valence-electron chi connectivity index (χ3n) is 6.11. The Balaban J connectivity index is 3.44.